The van der Waals surface area contributed by atoms with Crippen molar-refractivity contribution in [1.29, 1.82) is 0 Å². The molecule has 2 aromatic heterocycles. The summed E-state index contributed by atoms with van der Waals surface area (Å²) >= 11 is 0. The van der Waals surface area contributed by atoms with Crippen LogP contribution in [0.2, 0.25) is 0 Å². The Morgan fingerprint density at radius 1 is 1.19 bits per heavy atom. The maximum Gasteiger partial charge on any atom is 0.408 e. The van der Waals surface area contributed by atoms with Crippen molar-refractivity contribution in [2.75, 3.05) is 6.61 Å². The number of carbonyl (C=O) groups is 2. The molecular formula is C23H32N4O5. The molecule has 0 aliphatic rings. The van der Waals surface area contributed by atoms with Gasteiger partial charge < -0.3 is 19.4 Å². The van der Waals surface area contributed by atoms with Crippen LogP contribution in [0.3, 0.4) is 0 Å². The second kappa shape index (κ2) is 10.4. The maximum absolute atomic E-state index is 12.6. The SMILES string of the molecule is Cc1ncn(C)c(=O)c1-c1ccc(CC(NC(=O)OC(C)(C)C)C(=O)OCC(C)C)cn1. The average molecular weight is 445 g/mol. The molecule has 9 heteroatoms. The number of esters is 1. The molecule has 1 amide bonds. The first-order chi connectivity index (χ1) is 14.9. The monoisotopic (exact) mass is 444 g/mol. The van der Waals surface area contributed by atoms with Crippen LogP contribution in [0.15, 0.2) is 29.5 Å². The molecule has 0 aliphatic carbocycles. The lowest BCUT2D eigenvalue weighted by Gasteiger charge is -2.23. The first kappa shape index (κ1) is 25.0. The van der Waals surface area contributed by atoms with E-state index in [0.29, 0.717) is 22.5 Å². The van der Waals surface area contributed by atoms with Gasteiger partial charge in [-0.15, -0.1) is 0 Å². The molecule has 0 radical (unpaired) electrons. The minimum absolute atomic E-state index is 0.160. The average Bonchev–Trinajstić information content (AvgIpc) is 2.68. The second-order valence-electron chi connectivity index (χ2n) is 9.10. The van der Waals surface area contributed by atoms with Crippen LogP contribution in [0, 0.1) is 12.8 Å². The zero-order chi connectivity index (χ0) is 24.1. The fourth-order valence-corrected chi connectivity index (χ4v) is 2.84. The van der Waals surface area contributed by atoms with Crippen LogP contribution >= 0.6 is 0 Å². The second-order valence-corrected chi connectivity index (χ2v) is 9.10. The zero-order valence-corrected chi connectivity index (χ0v) is 19.8. The van der Waals surface area contributed by atoms with Crippen LogP contribution in [-0.4, -0.2) is 44.8 Å². The van der Waals surface area contributed by atoms with Crippen LogP contribution in [0.25, 0.3) is 11.3 Å². The van der Waals surface area contributed by atoms with Gasteiger partial charge >= 0.3 is 12.1 Å². The Kier molecular flexibility index (Phi) is 8.13. The molecule has 1 atom stereocenters. The summed E-state index contributed by atoms with van der Waals surface area (Å²) in [5, 5.41) is 2.59. The van der Waals surface area contributed by atoms with E-state index < -0.39 is 23.7 Å². The van der Waals surface area contributed by atoms with Gasteiger partial charge in [-0.25, -0.2) is 14.6 Å². The summed E-state index contributed by atoms with van der Waals surface area (Å²) < 4.78 is 12.0. The minimum Gasteiger partial charge on any atom is -0.464 e. The summed E-state index contributed by atoms with van der Waals surface area (Å²) in [5.41, 5.74) is 1.28. The molecule has 1 N–H and O–H groups in total. The third-order valence-electron chi connectivity index (χ3n) is 4.38. The van der Waals surface area contributed by atoms with E-state index in [0.717, 1.165) is 0 Å². The van der Waals surface area contributed by atoms with E-state index in [9.17, 15) is 14.4 Å². The Morgan fingerprint density at radius 3 is 2.44 bits per heavy atom. The van der Waals surface area contributed by atoms with Gasteiger partial charge in [0.15, 0.2) is 0 Å². The Hall–Kier alpha value is -3.23. The van der Waals surface area contributed by atoms with Crippen molar-refractivity contribution < 1.29 is 19.1 Å². The fourth-order valence-electron chi connectivity index (χ4n) is 2.84. The largest absolute Gasteiger partial charge is 0.464 e. The molecule has 0 aliphatic heterocycles. The van der Waals surface area contributed by atoms with Gasteiger partial charge in [0.2, 0.25) is 0 Å². The highest BCUT2D eigenvalue weighted by Crippen LogP contribution is 2.17. The zero-order valence-electron chi connectivity index (χ0n) is 19.8. The van der Waals surface area contributed by atoms with E-state index in [-0.39, 0.29) is 24.5 Å². The van der Waals surface area contributed by atoms with Crippen molar-refractivity contribution >= 4 is 12.1 Å². The number of rotatable bonds is 7. The standard InChI is InChI=1S/C23H32N4O5/c1-14(2)12-31-21(29)18(26-22(30)32-23(4,5)6)10-16-8-9-17(24-11-16)19-15(3)25-13-27(7)20(19)28/h8-9,11,13-14,18H,10,12H2,1-7H3,(H,26,30). The van der Waals surface area contributed by atoms with E-state index in [1.54, 1.807) is 53.1 Å². The third kappa shape index (κ3) is 7.18. The lowest BCUT2D eigenvalue weighted by molar-refractivity contribution is -0.147. The number of pyridine rings is 1. The number of carbonyl (C=O) groups excluding carboxylic acids is 2. The summed E-state index contributed by atoms with van der Waals surface area (Å²) in [4.78, 5) is 45.9. The van der Waals surface area contributed by atoms with E-state index in [2.05, 4.69) is 15.3 Å². The summed E-state index contributed by atoms with van der Waals surface area (Å²) in [5.74, 6) is -0.391. The molecule has 2 heterocycles. The van der Waals surface area contributed by atoms with Crippen molar-refractivity contribution in [3.63, 3.8) is 0 Å². The predicted octanol–water partition coefficient (Wildman–Crippen LogP) is 2.79. The molecule has 32 heavy (non-hydrogen) atoms. The van der Waals surface area contributed by atoms with Crippen molar-refractivity contribution in [2.45, 2.75) is 59.6 Å². The van der Waals surface area contributed by atoms with Crippen LogP contribution in [-0.2, 0) is 27.7 Å². The molecule has 0 aromatic carbocycles. The number of nitrogens with one attached hydrogen (secondary N) is 1. The first-order valence-corrected chi connectivity index (χ1v) is 10.5. The summed E-state index contributed by atoms with van der Waals surface area (Å²) in [6.07, 6.45) is 2.49. The van der Waals surface area contributed by atoms with E-state index in [4.69, 9.17) is 9.47 Å². The summed E-state index contributed by atoms with van der Waals surface area (Å²) in [7, 11) is 1.63. The lowest BCUT2D eigenvalue weighted by atomic mass is 10.1. The van der Waals surface area contributed by atoms with Crippen molar-refractivity contribution in [1.82, 2.24) is 19.9 Å². The van der Waals surface area contributed by atoms with Gasteiger partial charge in [0, 0.05) is 19.7 Å². The van der Waals surface area contributed by atoms with Crippen molar-refractivity contribution in [3.05, 3.63) is 46.3 Å². The molecule has 0 fully saturated rings. The fraction of sp³-hybridized carbons (Fsp3) is 0.522. The molecule has 2 aromatic rings. The van der Waals surface area contributed by atoms with Crippen LogP contribution < -0.4 is 10.9 Å². The quantitative estimate of drug-likeness (QED) is 0.654. The van der Waals surface area contributed by atoms with Gasteiger partial charge in [-0.2, -0.15) is 0 Å². The number of amides is 1. The summed E-state index contributed by atoms with van der Waals surface area (Å²) in [6, 6.07) is 2.52. The van der Waals surface area contributed by atoms with Gasteiger partial charge in [0.1, 0.15) is 11.6 Å². The Bertz CT molecular complexity index is 1010. The van der Waals surface area contributed by atoms with Crippen molar-refractivity contribution in [3.8, 4) is 11.3 Å². The molecular weight excluding hydrogens is 412 g/mol. The van der Waals surface area contributed by atoms with Gasteiger partial charge in [0.25, 0.3) is 5.56 Å². The predicted molar refractivity (Wildman–Crippen MR) is 120 cm³/mol. The maximum atomic E-state index is 12.6. The number of hydrogen-bond acceptors (Lipinski definition) is 7. The van der Waals surface area contributed by atoms with Gasteiger partial charge in [-0.05, 0) is 45.2 Å². The van der Waals surface area contributed by atoms with Crippen LogP contribution in [0.5, 0.6) is 0 Å². The Labute approximate surface area is 188 Å². The highest BCUT2D eigenvalue weighted by Gasteiger charge is 2.26. The molecule has 0 bridgehead atoms. The Balaban J connectivity index is 2.23. The molecule has 0 saturated carbocycles. The van der Waals surface area contributed by atoms with Gasteiger partial charge in [-0.3, -0.25) is 9.78 Å². The van der Waals surface area contributed by atoms with Gasteiger partial charge in [-0.1, -0.05) is 19.9 Å². The number of alkyl carbamates (subject to hydrolysis) is 1. The van der Waals surface area contributed by atoms with E-state index in [1.165, 1.54) is 10.9 Å². The number of nitrogens with zero attached hydrogens (tertiary/aromatic N) is 3. The number of aryl methyl sites for hydroxylation is 2. The highest BCUT2D eigenvalue weighted by atomic mass is 16.6. The third-order valence-corrected chi connectivity index (χ3v) is 4.38. The molecule has 1 unspecified atom stereocenters. The molecule has 0 spiro atoms. The Morgan fingerprint density at radius 2 is 1.88 bits per heavy atom. The molecule has 0 saturated heterocycles. The molecule has 9 nitrogen and oxygen atoms in total. The number of ether oxygens (including phenoxy) is 2. The summed E-state index contributed by atoms with van der Waals surface area (Å²) in [6.45, 7) is 11.1. The van der Waals surface area contributed by atoms with E-state index >= 15 is 0 Å². The lowest BCUT2D eigenvalue weighted by Crippen LogP contribution is -2.45. The van der Waals surface area contributed by atoms with Crippen LogP contribution in [0.1, 0.15) is 45.9 Å². The first-order valence-electron chi connectivity index (χ1n) is 10.5. The van der Waals surface area contributed by atoms with E-state index in [1.807, 2.05) is 13.8 Å². The van der Waals surface area contributed by atoms with Crippen molar-refractivity contribution in [2.24, 2.45) is 13.0 Å². The molecule has 2 rings (SSSR count). The minimum atomic E-state index is -0.941. The van der Waals surface area contributed by atoms with Gasteiger partial charge in [0.05, 0.1) is 29.9 Å². The highest BCUT2D eigenvalue weighted by molar-refractivity contribution is 5.81. The number of aromatic nitrogens is 3. The topological polar surface area (TPSA) is 112 Å². The smallest absolute Gasteiger partial charge is 0.408 e. The molecule has 174 valence electrons. The normalized spacial score (nSPS) is 12.4. The van der Waals surface area contributed by atoms with Crippen LogP contribution in [0.4, 0.5) is 4.79 Å². The number of hydrogen-bond donors (Lipinski definition) is 1.